The van der Waals surface area contributed by atoms with Crippen LogP contribution in [-0.4, -0.2) is 68.3 Å². The van der Waals surface area contributed by atoms with Gasteiger partial charge >= 0.3 is 6.09 Å². The number of ether oxygens (including phenoxy) is 3. The van der Waals surface area contributed by atoms with Crippen molar-refractivity contribution in [2.24, 2.45) is 17.8 Å². The summed E-state index contributed by atoms with van der Waals surface area (Å²) in [6.45, 7) is 11.6. The second-order valence-corrected chi connectivity index (χ2v) is 13.8. The molecule has 0 saturated carbocycles. The smallest absolute Gasteiger partial charge is 0.410 e. The summed E-state index contributed by atoms with van der Waals surface area (Å²) in [5, 5.41) is 6.30. The fourth-order valence-corrected chi connectivity index (χ4v) is 6.35. The monoisotopic (exact) mass is 621 g/mol. The highest BCUT2D eigenvalue weighted by Gasteiger charge is 2.43. The Kier molecular flexibility index (Phi) is 11.5. The van der Waals surface area contributed by atoms with Crippen LogP contribution in [-0.2, 0) is 24.5 Å². The van der Waals surface area contributed by atoms with Gasteiger partial charge in [-0.3, -0.25) is 9.59 Å². The van der Waals surface area contributed by atoms with Gasteiger partial charge in [0, 0.05) is 56.4 Å². The Bertz CT molecular complexity index is 1270. The maximum absolute atomic E-state index is 14.0. The number of unbranched alkanes of at least 4 members (excludes halogenated alkanes) is 1. The zero-order valence-electron chi connectivity index (χ0n) is 27.8. The molecule has 0 aliphatic carbocycles. The molecule has 0 spiro atoms. The molecule has 45 heavy (non-hydrogen) atoms. The molecule has 0 aromatic heterocycles. The minimum absolute atomic E-state index is 0.136. The van der Waals surface area contributed by atoms with Crippen LogP contribution in [0.15, 0.2) is 48.5 Å². The van der Waals surface area contributed by atoms with E-state index in [9.17, 15) is 14.4 Å². The van der Waals surface area contributed by atoms with E-state index in [1.807, 2.05) is 57.2 Å². The average Bonchev–Trinajstić information content (AvgIpc) is 3.00. The molecule has 2 heterocycles. The first-order valence-corrected chi connectivity index (χ1v) is 16.3. The SMILES string of the molecule is COCCCCC1(CNC(=O)[C@H]2C[C@H](C(=O)NCCC(C)C)CN(C(=O)OC(C)(C)C)C2)c2ccccc2Oc2ccccc21. The van der Waals surface area contributed by atoms with Crippen molar-refractivity contribution in [1.29, 1.82) is 0 Å². The fraction of sp³-hybridized carbons (Fsp3) is 0.583. The summed E-state index contributed by atoms with van der Waals surface area (Å²) < 4.78 is 17.3. The molecule has 9 nitrogen and oxygen atoms in total. The standard InChI is InChI=1S/C36H51N3O6/c1-25(2)17-19-37-32(40)26-21-27(23-39(22-26)34(42)45-35(3,4)5)33(41)38-24-36(18-11-12-20-43-6)28-13-7-9-15-30(28)44-31-16-10-8-14-29(31)36/h7-10,13-16,25-27H,11-12,17-24H2,1-6H3,(H,37,40)(H,38,41)/t26-,27-/m0/s1. The predicted molar refractivity (Wildman–Crippen MR) is 174 cm³/mol. The number of carbonyl (C=O) groups excluding carboxylic acids is 3. The molecule has 2 aromatic carbocycles. The molecule has 246 valence electrons. The van der Waals surface area contributed by atoms with Crippen LogP contribution in [0.4, 0.5) is 4.79 Å². The lowest BCUT2D eigenvalue weighted by molar-refractivity contribution is -0.131. The van der Waals surface area contributed by atoms with Crippen molar-refractivity contribution in [3.8, 4) is 11.5 Å². The van der Waals surface area contributed by atoms with Crippen LogP contribution in [0, 0.1) is 17.8 Å². The van der Waals surface area contributed by atoms with Crippen molar-refractivity contribution in [2.75, 3.05) is 39.9 Å². The predicted octanol–water partition coefficient (Wildman–Crippen LogP) is 6.05. The zero-order chi connectivity index (χ0) is 32.6. The van der Waals surface area contributed by atoms with Crippen molar-refractivity contribution in [2.45, 2.75) is 77.7 Å². The summed E-state index contributed by atoms with van der Waals surface area (Å²) in [5.41, 5.74) is 0.841. The van der Waals surface area contributed by atoms with Crippen molar-refractivity contribution < 1.29 is 28.6 Å². The molecule has 1 saturated heterocycles. The van der Waals surface area contributed by atoms with Gasteiger partial charge in [0.15, 0.2) is 0 Å². The second-order valence-electron chi connectivity index (χ2n) is 13.8. The summed E-state index contributed by atoms with van der Waals surface area (Å²) in [4.78, 5) is 42.0. The van der Waals surface area contributed by atoms with Crippen LogP contribution >= 0.6 is 0 Å². The van der Waals surface area contributed by atoms with Crippen LogP contribution < -0.4 is 15.4 Å². The molecule has 1 fully saturated rings. The van der Waals surface area contributed by atoms with Gasteiger partial charge in [0.25, 0.3) is 0 Å². The third kappa shape index (κ3) is 8.78. The quantitative estimate of drug-likeness (QED) is 0.280. The number of nitrogens with one attached hydrogen (secondary N) is 2. The van der Waals surface area contributed by atoms with Gasteiger partial charge < -0.3 is 29.7 Å². The summed E-state index contributed by atoms with van der Waals surface area (Å²) in [6, 6.07) is 16.0. The number of para-hydroxylation sites is 2. The Labute approximate surface area is 268 Å². The molecular formula is C36H51N3O6. The van der Waals surface area contributed by atoms with Gasteiger partial charge in [0.1, 0.15) is 17.1 Å². The number of nitrogens with zero attached hydrogens (tertiary/aromatic N) is 1. The summed E-state index contributed by atoms with van der Waals surface area (Å²) in [5.74, 6) is 0.623. The Morgan fingerprint density at radius 3 is 2.07 bits per heavy atom. The van der Waals surface area contributed by atoms with Crippen LogP contribution in [0.3, 0.4) is 0 Å². The lowest BCUT2D eigenvalue weighted by atomic mass is 9.69. The molecule has 4 rings (SSSR count). The molecule has 9 heteroatoms. The van der Waals surface area contributed by atoms with E-state index in [1.165, 1.54) is 4.90 Å². The lowest BCUT2D eigenvalue weighted by Crippen LogP contribution is -2.54. The van der Waals surface area contributed by atoms with Crippen molar-refractivity contribution in [1.82, 2.24) is 15.5 Å². The van der Waals surface area contributed by atoms with Gasteiger partial charge in [-0.25, -0.2) is 4.79 Å². The number of hydrogen-bond donors (Lipinski definition) is 2. The maximum Gasteiger partial charge on any atom is 0.410 e. The lowest BCUT2D eigenvalue weighted by Gasteiger charge is -2.41. The fourth-order valence-electron chi connectivity index (χ4n) is 6.35. The molecular weight excluding hydrogens is 570 g/mol. The van der Waals surface area contributed by atoms with Crippen molar-refractivity contribution in [3.63, 3.8) is 0 Å². The van der Waals surface area contributed by atoms with Gasteiger partial charge in [0.2, 0.25) is 11.8 Å². The number of likely N-dealkylation sites (tertiary alicyclic amines) is 1. The summed E-state index contributed by atoms with van der Waals surface area (Å²) >= 11 is 0. The normalized spacial score (nSPS) is 18.8. The van der Waals surface area contributed by atoms with Crippen molar-refractivity contribution >= 4 is 17.9 Å². The number of amides is 3. The van der Waals surface area contributed by atoms with Crippen LogP contribution in [0.5, 0.6) is 11.5 Å². The molecule has 3 amide bonds. The molecule has 2 aromatic rings. The van der Waals surface area contributed by atoms with Crippen LogP contribution in [0.2, 0.25) is 0 Å². The Balaban J connectivity index is 1.58. The van der Waals surface area contributed by atoms with Gasteiger partial charge in [-0.1, -0.05) is 50.2 Å². The Morgan fingerprint density at radius 2 is 1.51 bits per heavy atom. The number of benzene rings is 2. The third-order valence-electron chi connectivity index (χ3n) is 8.66. The topological polar surface area (TPSA) is 106 Å². The molecule has 0 bridgehead atoms. The minimum Gasteiger partial charge on any atom is -0.457 e. The number of methoxy groups -OCH3 is 1. The van der Waals surface area contributed by atoms with Gasteiger partial charge in [-0.05, 0) is 70.9 Å². The summed E-state index contributed by atoms with van der Waals surface area (Å²) in [7, 11) is 1.71. The van der Waals surface area contributed by atoms with E-state index in [0.717, 1.165) is 48.3 Å². The minimum atomic E-state index is -0.694. The highest BCUT2D eigenvalue weighted by Crippen LogP contribution is 2.50. The molecule has 0 unspecified atom stereocenters. The number of rotatable bonds is 12. The van der Waals surface area contributed by atoms with Gasteiger partial charge in [-0.2, -0.15) is 0 Å². The van der Waals surface area contributed by atoms with E-state index in [1.54, 1.807) is 7.11 Å². The number of hydrogen-bond acceptors (Lipinski definition) is 6. The first kappa shape index (κ1) is 34.3. The van der Waals surface area contributed by atoms with E-state index in [-0.39, 0.29) is 24.9 Å². The zero-order valence-corrected chi connectivity index (χ0v) is 27.8. The highest BCUT2D eigenvalue weighted by atomic mass is 16.6. The van der Waals surface area contributed by atoms with E-state index in [0.29, 0.717) is 32.0 Å². The van der Waals surface area contributed by atoms with E-state index < -0.39 is 28.9 Å². The first-order valence-electron chi connectivity index (χ1n) is 16.3. The van der Waals surface area contributed by atoms with Crippen molar-refractivity contribution in [3.05, 3.63) is 59.7 Å². The molecule has 2 atom stereocenters. The average molecular weight is 622 g/mol. The van der Waals surface area contributed by atoms with E-state index in [2.05, 4.69) is 36.6 Å². The highest BCUT2D eigenvalue weighted by molar-refractivity contribution is 5.84. The Morgan fingerprint density at radius 1 is 0.933 bits per heavy atom. The molecule has 2 aliphatic heterocycles. The van der Waals surface area contributed by atoms with E-state index in [4.69, 9.17) is 14.2 Å². The Hall–Kier alpha value is -3.59. The number of piperidine rings is 1. The molecule has 2 aliphatic rings. The van der Waals surface area contributed by atoms with Gasteiger partial charge in [0.05, 0.1) is 11.8 Å². The second kappa shape index (κ2) is 15.1. The van der Waals surface area contributed by atoms with Crippen LogP contribution in [0.1, 0.15) is 77.8 Å². The maximum atomic E-state index is 14.0. The van der Waals surface area contributed by atoms with Crippen LogP contribution in [0.25, 0.3) is 0 Å². The first-order chi connectivity index (χ1) is 21.4. The van der Waals surface area contributed by atoms with E-state index >= 15 is 0 Å². The molecule has 0 radical (unpaired) electrons. The largest absolute Gasteiger partial charge is 0.457 e. The number of carbonyl (C=O) groups is 3. The third-order valence-corrected chi connectivity index (χ3v) is 8.66. The van der Waals surface area contributed by atoms with Gasteiger partial charge in [-0.15, -0.1) is 0 Å². The molecule has 2 N–H and O–H groups in total. The summed E-state index contributed by atoms with van der Waals surface area (Å²) in [6.07, 6.45) is 3.26. The number of fused-ring (bicyclic) bond motifs is 2.